The van der Waals surface area contributed by atoms with Crippen LogP contribution in [0.25, 0.3) is 0 Å². The lowest BCUT2D eigenvalue weighted by Gasteiger charge is -2.26. The van der Waals surface area contributed by atoms with Gasteiger partial charge in [0.25, 0.3) is 0 Å². The molecule has 0 atom stereocenters. The molecule has 3 rings (SSSR count). The van der Waals surface area contributed by atoms with Crippen LogP contribution in [0.3, 0.4) is 0 Å². The van der Waals surface area contributed by atoms with Crippen LogP contribution < -0.4 is 10.6 Å². The highest BCUT2D eigenvalue weighted by Gasteiger charge is 2.16. The first-order valence-corrected chi connectivity index (χ1v) is 8.51. The summed E-state index contributed by atoms with van der Waals surface area (Å²) in [5.41, 5.74) is 5.84. The van der Waals surface area contributed by atoms with Gasteiger partial charge in [-0.25, -0.2) is 0 Å². The summed E-state index contributed by atoms with van der Waals surface area (Å²) < 4.78 is 1.03. The molecule has 5 nitrogen and oxygen atoms in total. The maximum absolute atomic E-state index is 5.84. The molecule has 0 aliphatic carbocycles. The number of nitrogens with zero attached hydrogens (tertiary/aromatic N) is 4. The molecule has 1 saturated heterocycles. The Morgan fingerprint density at radius 1 is 1.10 bits per heavy atom. The van der Waals surface area contributed by atoms with Crippen LogP contribution in [0, 0.1) is 0 Å². The van der Waals surface area contributed by atoms with E-state index in [9.17, 15) is 0 Å². The normalized spacial score (nSPS) is 15.2. The standard InChI is InChI=1S/C14H16BrN5S/c15-10-5-4-6-11(9-10)21-14-18-12(16)17-13(19-14)20-7-2-1-3-8-20/h4-6,9H,1-3,7-8H2,(H2,16,17,18,19). The summed E-state index contributed by atoms with van der Waals surface area (Å²) >= 11 is 4.96. The first-order valence-electron chi connectivity index (χ1n) is 6.90. The number of hydrogen-bond acceptors (Lipinski definition) is 6. The van der Waals surface area contributed by atoms with Crippen molar-refractivity contribution in [3.05, 3.63) is 28.7 Å². The first kappa shape index (κ1) is 14.6. The van der Waals surface area contributed by atoms with Crippen LogP contribution in [0.15, 0.2) is 38.8 Å². The number of halogens is 1. The number of anilines is 2. The summed E-state index contributed by atoms with van der Waals surface area (Å²) in [6.45, 7) is 1.98. The minimum Gasteiger partial charge on any atom is -0.368 e. The smallest absolute Gasteiger partial charge is 0.231 e. The number of nitrogen functional groups attached to an aromatic ring is 1. The van der Waals surface area contributed by atoms with Crippen LogP contribution in [0.1, 0.15) is 19.3 Å². The summed E-state index contributed by atoms with van der Waals surface area (Å²) in [6, 6.07) is 8.04. The second-order valence-corrected chi connectivity index (χ2v) is 6.84. The van der Waals surface area contributed by atoms with Gasteiger partial charge in [-0.05, 0) is 49.2 Å². The van der Waals surface area contributed by atoms with E-state index in [1.54, 1.807) is 0 Å². The van der Waals surface area contributed by atoms with Gasteiger partial charge in [-0.3, -0.25) is 0 Å². The van der Waals surface area contributed by atoms with Crippen molar-refractivity contribution in [2.75, 3.05) is 23.7 Å². The molecule has 0 amide bonds. The fraction of sp³-hybridized carbons (Fsp3) is 0.357. The van der Waals surface area contributed by atoms with Crippen LogP contribution in [0.2, 0.25) is 0 Å². The lowest BCUT2D eigenvalue weighted by atomic mass is 10.1. The van der Waals surface area contributed by atoms with E-state index in [1.807, 2.05) is 24.3 Å². The Morgan fingerprint density at radius 3 is 2.67 bits per heavy atom. The molecule has 1 aliphatic heterocycles. The van der Waals surface area contributed by atoms with Gasteiger partial charge in [0.2, 0.25) is 11.9 Å². The maximum Gasteiger partial charge on any atom is 0.231 e. The molecule has 110 valence electrons. The third-order valence-electron chi connectivity index (χ3n) is 3.26. The fourth-order valence-electron chi connectivity index (χ4n) is 2.28. The lowest BCUT2D eigenvalue weighted by Crippen LogP contribution is -2.31. The van der Waals surface area contributed by atoms with E-state index < -0.39 is 0 Å². The van der Waals surface area contributed by atoms with Gasteiger partial charge >= 0.3 is 0 Å². The highest BCUT2D eigenvalue weighted by Crippen LogP contribution is 2.28. The van der Waals surface area contributed by atoms with Crippen molar-refractivity contribution in [2.24, 2.45) is 0 Å². The van der Waals surface area contributed by atoms with Crippen molar-refractivity contribution < 1.29 is 0 Å². The van der Waals surface area contributed by atoms with Gasteiger partial charge in [-0.1, -0.05) is 22.0 Å². The van der Waals surface area contributed by atoms with E-state index in [4.69, 9.17) is 5.73 Å². The molecule has 2 aromatic rings. The zero-order chi connectivity index (χ0) is 14.7. The van der Waals surface area contributed by atoms with Gasteiger partial charge in [0.1, 0.15) is 0 Å². The molecule has 0 bridgehead atoms. The van der Waals surface area contributed by atoms with Crippen molar-refractivity contribution in [3.8, 4) is 0 Å². The second kappa shape index (κ2) is 6.62. The molecule has 2 N–H and O–H groups in total. The lowest BCUT2D eigenvalue weighted by molar-refractivity contribution is 0.565. The zero-order valence-electron chi connectivity index (χ0n) is 11.5. The van der Waals surface area contributed by atoms with E-state index in [0.717, 1.165) is 22.5 Å². The van der Waals surface area contributed by atoms with Crippen LogP contribution in [0.4, 0.5) is 11.9 Å². The minimum atomic E-state index is 0.281. The molecule has 7 heteroatoms. The molecule has 2 heterocycles. The van der Waals surface area contributed by atoms with E-state index >= 15 is 0 Å². The van der Waals surface area contributed by atoms with Crippen LogP contribution in [-0.2, 0) is 0 Å². The van der Waals surface area contributed by atoms with Gasteiger partial charge < -0.3 is 10.6 Å². The van der Waals surface area contributed by atoms with Crippen LogP contribution in [0.5, 0.6) is 0 Å². The Balaban J connectivity index is 1.83. The van der Waals surface area contributed by atoms with Gasteiger partial charge in [0.05, 0.1) is 0 Å². The summed E-state index contributed by atoms with van der Waals surface area (Å²) in [5, 5.41) is 0.640. The van der Waals surface area contributed by atoms with E-state index in [1.165, 1.54) is 31.0 Å². The number of piperidine rings is 1. The molecule has 0 radical (unpaired) electrons. The monoisotopic (exact) mass is 365 g/mol. The summed E-state index contributed by atoms with van der Waals surface area (Å²) in [4.78, 5) is 16.3. The van der Waals surface area contributed by atoms with Gasteiger partial charge in [0, 0.05) is 22.5 Å². The molecule has 0 saturated carbocycles. The zero-order valence-corrected chi connectivity index (χ0v) is 13.9. The van der Waals surface area contributed by atoms with Crippen molar-refractivity contribution in [1.29, 1.82) is 0 Å². The third kappa shape index (κ3) is 3.85. The van der Waals surface area contributed by atoms with Gasteiger partial charge in [-0.15, -0.1) is 0 Å². The third-order valence-corrected chi connectivity index (χ3v) is 4.61. The largest absolute Gasteiger partial charge is 0.368 e. The number of aromatic nitrogens is 3. The Morgan fingerprint density at radius 2 is 1.90 bits per heavy atom. The molecule has 21 heavy (non-hydrogen) atoms. The average molecular weight is 366 g/mol. The highest BCUT2D eigenvalue weighted by atomic mass is 79.9. The molecule has 1 aromatic heterocycles. The fourth-order valence-corrected chi connectivity index (χ4v) is 3.64. The molecule has 0 spiro atoms. The second-order valence-electron chi connectivity index (χ2n) is 4.88. The average Bonchev–Trinajstić information content (AvgIpc) is 2.47. The number of hydrogen-bond donors (Lipinski definition) is 1. The molecule has 1 fully saturated rings. The number of nitrogens with two attached hydrogens (primary N) is 1. The Hall–Kier alpha value is -1.34. The van der Waals surface area contributed by atoms with Gasteiger partial charge in [0.15, 0.2) is 5.16 Å². The predicted molar refractivity (Wildman–Crippen MR) is 88.6 cm³/mol. The molecular weight excluding hydrogens is 350 g/mol. The Bertz CT molecular complexity index is 631. The summed E-state index contributed by atoms with van der Waals surface area (Å²) in [7, 11) is 0. The molecule has 1 aliphatic rings. The topological polar surface area (TPSA) is 67.9 Å². The Kier molecular flexibility index (Phi) is 4.60. The summed E-state index contributed by atoms with van der Waals surface area (Å²) in [6.07, 6.45) is 3.64. The SMILES string of the molecule is Nc1nc(Sc2cccc(Br)c2)nc(N2CCCCC2)n1. The van der Waals surface area contributed by atoms with E-state index in [2.05, 4.69) is 35.8 Å². The van der Waals surface area contributed by atoms with Crippen molar-refractivity contribution in [1.82, 2.24) is 15.0 Å². The van der Waals surface area contributed by atoms with Crippen molar-refractivity contribution >= 4 is 39.6 Å². The van der Waals surface area contributed by atoms with E-state index in [0.29, 0.717) is 11.1 Å². The van der Waals surface area contributed by atoms with Crippen molar-refractivity contribution in [3.63, 3.8) is 0 Å². The predicted octanol–water partition coefficient (Wildman–Crippen LogP) is 3.36. The van der Waals surface area contributed by atoms with Crippen LogP contribution >= 0.6 is 27.7 Å². The number of benzene rings is 1. The molecule has 1 aromatic carbocycles. The van der Waals surface area contributed by atoms with Crippen LogP contribution in [-0.4, -0.2) is 28.0 Å². The highest BCUT2D eigenvalue weighted by molar-refractivity contribution is 9.10. The maximum atomic E-state index is 5.84. The summed E-state index contributed by atoms with van der Waals surface area (Å²) in [5.74, 6) is 0.975. The van der Waals surface area contributed by atoms with Gasteiger partial charge in [-0.2, -0.15) is 15.0 Å². The molecular formula is C14H16BrN5S. The molecule has 0 unspecified atom stereocenters. The first-order chi connectivity index (χ1) is 10.2. The number of rotatable bonds is 3. The quantitative estimate of drug-likeness (QED) is 0.899. The van der Waals surface area contributed by atoms with E-state index in [-0.39, 0.29) is 5.95 Å². The minimum absolute atomic E-state index is 0.281. The Labute approximate surface area is 136 Å². The van der Waals surface area contributed by atoms with Crippen molar-refractivity contribution in [2.45, 2.75) is 29.3 Å².